The van der Waals surface area contributed by atoms with Gasteiger partial charge in [-0.25, -0.2) is 0 Å². The number of hydrogen-bond donors (Lipinski definition) is 2. The van der Waals surface area contributed by atoms with E-state index in [2.05, 4.69) is 5.32 Å². The number of rotatable bonds is 6. The van der Waals surface area contributed by atoms with Crippen molar-refractivity contribution in [2.75, 3.05) is 25.1 Å². The molecule has 132 valence electrons. The first-order valence-corrected chi connectivity index (χ1v) is 9.81. The van der Waals surface area contributed by atoms with E-state index in [1.165, 1.54) is 0 Å². The minimum absolute atomic E-state index is 0.0662. The molecule has 0 bridgehead atoms. The van der Waals surface area contributed by atoms with Gasteiger partial charge >= 0.3 is 0 Å². The first-order chi connectivity index (χ1) is 11.5. The summed E-state index contributed by atoms with van der Waals surface area (Å²) in [5.74, 6) is 0.877. The normalized spacial score (nSPS) is 16.7. The number of hydrogen-bond acceptors (Lipinski definition) is 4. The molecule has 0 unspecified atom stereocenters. The molecule has 0 spiro atoms. The lowest BCUT2D eigenvalue weighted by atomic mass is 10.0. The maximum absolute atomic E-state index is 12.5. The van der Waals surface area contributed by atoms with E-state index in [4.69, 9.17) is 5.73 Å². The number of carbonyl (C=O) groups is 2. The zero-order valence-electron chi connectivity index (χ0n) is 14.5. The fraction of sp³-hybridized carbons (Fsp3) is 0.556. The van der Waals surface area contributed by atoms with Crippen LogP contribution in [0.2, 0.25) is 0 Å². The smallest absolute Gasteiger partial charge is 0.253 e. The summed E-state index contributed by atoms with van der Waals surface area (Å²) in [6.07, 6.45) is 4.25. The van der Waals surface area contributed by atoms with E-state index >= 15 is 0 Å². The molecule has 0 radical (unpaired) electrons. The highest BCUT2D eigenvalue weighted by Crippen LogP contribution is 2.15. The molecule has 6 heteroatoms. The van der Waals surface area contributed by atoms with Gasteiger partial charge in [-0.15, -0.1) is 0 Å². The van der Waals surface area contributed by atoms with Crippen LogP contribution in [-0.4, -0.2) is 53.9 Å². The van der Waals surface area contributed by atoms with E-state index in [0.29, 0.717) is 19.5 Å². The number of carbonyl (C=O) groups excluding carboxylic acids is 2. The van der Waals surface area contributed by atoms with Crippen molar-refractivity contribution < 1.29 is 9.59 Å². The second-order valence-corrected chi connectivity index (χ2v) is 7.31. The molecule has 24 heavy (non-hydrogen) atoms. The molecule has 3 N–H and O–H groups in total. The Morgan fingerprint density at radius 3 is 2.50 bits per heavy atom. The molecule has 2 amide bonds. The van der Waals surface area contributed by atoms with Crippen LogP contribution in [0.4, 0.5) is 0 Å². The van der Waals surface area contributed by atoms with Crippen LogP contribution in [0.3, 0.4) is 0 Å². The molecule has 1 aliphatic heterocycles. The van der Waals surface area contributed by atoms with Gasteiger partial charge in [0.15, 0.2) is 0 Å². The number of thioether (sulfide) groups is 1. The number of nitrogens with two attached hydrogens (primary N) is 1. The van der Waals surface area contributed by atoms with Gasteiger partial charge in [0, 0.05) is 24.7 Å². The SMILES string of the molecule is CSCC[C@H](N)C(=O)NC1CCN(C(=O)c2ccc(C)cc2)CC1. The standard InChI is InChI=1S/C18H27N3O2S/c1-13-3-5-14(6-4-13)18(23)21-10-7-15(8-11-21)20-17(22)16(19)9-12-24-2/h3-6,15-16H,7-12,19H2,1-2H3,(H,20,22)/t16-/m0/s1. The number of benzene rings is 1. The van der Waals surface area contributed by atoms with Gasteiger partial charge in [0.1, 0.15) is 0 Å². The third-order valence-corrected chi connectivity index (χ3v) is 5.04. The summed E-state index contributed by atoms with van der Waals surface area (Å²) in [6.45, 7) is 3.34. The van der Waals surface area contributed by atoms with Crippen molar-refractivity contribution in [1.29, 1.82) is 0 Å². The lowest BCUT2D eigenvalue weighted by Crippen LogP contribution is -2.50. The van der Waals surface area contributed by atoms with Gasteiger partial charge < -0.3 is 16.0 Å². The molecule has 0 saturated carbocycles. The zero-order valence-corrected chi connectivity index (χ0v) is 15.3. The van der Waals surface area contributed by atoms with Gasteiger partial charge in [-0.3, -0.25) is 9.59 Å². The number of likely N-dealkylation sites (tertiary alicyclic amines) is 1. The number of nitrogens with one attached hydrogen (secondary N) is 1. The van der Waals surface area contributed by atoms with Crippen molar-refractivity contribution in [2.24, 2.45) is 5.73 Å². The van der Waals surface area contributed by atoms with E-state index in [9.17, 15) is 9.59 Å². The lowest BCUT2D eigenvalue weighted by molar-refractivity contribution is -0.123. The molecule has 1 atom stereocenters. The van der Waals surface area contributed by atoms with Crippen molar-refractivity contribution >= 4 is 23.6 Å². The molecule has 1 aliphatic rings. The van der Waals surface area contributed by atoms with Crippen molar-refractivity contribution in [3.8, 4) is 0 Å². The molecule has 1 heterocycles. The van der Waals surface area contributed by atoms with Crippen LogP contribution in [-0.2, 0) is 4.79 Å². The Labute approximate surface area is 148 Å². The average Bonchev–Trinajstić information content (AvgIpc) is 2.60. The molecule has 1 aromatic carbocycles. The van der Waals surface area contributed by atoms with Gasteiger partial charge in [0.25, 0.3) is 5.91 Å². The van der Waals surface area contributed by atoms with E-state index in [0.717, 1.165) is 29.7 Å². The van der Waals surface area contributed by atoms with Crippen LogP contribution in [0.5, 0.6) is 0 Å². The summed E-state index contributed by atoms with van der Waals surface area (Å²) in [6, 6.07) is 7.32. The average molecular weight is 350 g/mol. The monoisotopic (exact) mass is 349 g/mol. The molecule has 1 fully saturated rings. The summed E-state index contributed by atoms with van der Waals surface area (Å²) in [5.41, 5.74) is 7.76. The maximum atomic E-state index is 12.5. The summed E-state index contributed by atoms with van der Waals surface area (Å²) in [4.78, 5) is 26.4. The van der Waals surface area contributed by atoms with Gasteiger partial charge in [0.2, 0.25) is 5.91 Å². The van der Waals surface area contributed by atoms with Crippen molar-refractivity contribution in [2.45, 2.75) is 38.3 Å². The minimum atomic E-state index is -0.440. The Morgan fingerprint density at radius 1 is 1.29 bits per heavy atom. The van der Waals surface area contributed by atoms with Gasteiger partial charge in [-0.1, -0.05) is 17.7 Å². The zero-order chi connectivity index (χ0) is 17.5. The highest BCUT2D eigenvalue weighted by molar-refractivity contribution is 7.98. The van der Waals surface area contributed by atoms with Gasteiger partial charge in [-0.05, 0) is 50.3 Å². The highest BCUT2D eigenvalue weighted by atomic mass is 32.2. The number of nitrogens with zero attached hydrogens (tertiary/aromatic N) is 1. The van der Waals surface area contributed by atoms with Crippen LogP contribution < -0.4 is 11.1 Å². The van der Waals surface area contributed by atoms with Crippen molar-refractivity contribution in [3.63, 3.8) is 0 Å². The minimum Gasteiger partial charge on any atom is -0.352 e. The van der Waals surface area contributed by atoms with Crippen LogP contribution in [0.1, 0.15) is 35.2 Å². The molecule has 0 aromatic heterocycles. The molecular weight excluding hydrogens is 322 g/mol. The van der Waals surface area contributed by atoms with Gasteiger partial charge in [-0.2, -0.15) is 11.8 Å². The van der Waals surface area contributed by atoms with E-state index < -0.39 is 6.04 Å². The van der Waals surface area contributed by atoms with Crippen LogP contribution in [0.25, 0.3) is 0 Å². The van der Waals surface area contributed by atoms with E-state index in [1.807, 2.05) is 42.3 Å². The molecule has 5 nitrogen and oxygen atoms in total. The number of aryl methyl sites for hydroxylation is 1. The van der Waals surface area contributed by atoms with E-state index in [1.54, 1.807) is 11.8 Å². The van der Waals surface area contributed by atoms with Crippen LogP contribution in [0.15, 0.2) is 24.3 Å². The largest absolute Gasteiger partial charge is 0.352 e. The summed E-state index contributed by atoms with van der Waals surface area (Å²) >= 11 is 1.69. The molecular formula is C18H27N3O2S. The van der Waals surface area contributed by atoms with Crippen molar-refractivity contribution in [1.82, 2.24) is 10.2 Å². The maximum Gasteiger partial charge on any atom is 0.253 e. The lowest BCUT2D eigenvalue weighted by Gasteiger charge is -2.33. The molecule has 1 aromatic rings. The first kappa shape index (κ1) is 18.8. The highest BCUT2D eigenvalue weighted by Gasteiger charge is 2.25. The third-order valence-electron chi connectivity index (χ3n) is 4.40. The first-order valence-electron chi connectivity index (χ1n) is 8.42. The Hall–Kier alpha value is -1.53. The Kier molecular flexibility index (Phi) is 7.12. The van der Waals surface area contributed by atoms with Crippen LogP contribution in [0, 0.1) is 6.92 Å². The molecule has 1 saturated heterocycles. The second-order valence-electron chi connectivity index (χ2n) is 6.33. The quantitative estimate of drug-likeness (QED) is 0.821. The van der Waals surface area contributed by atoms with E-state index in [-0.39, 0.29) is 17.9 Å². The molecule has 0 aliphatic carbocycles. The summed E-state index contributed by atoms with van der Waals surface area (Å²) in [5, 5.41) is 3.02. The molecule has 2 rings (SSSR count). The Bertz CT molecular complexity index is 554. The number of piperidine rings is 1. The van der Waals surface area contributed by atoms with Crippen LogP contribution >= 0.6 is 11.8 Å². The van der Waals surface area contributed by atoms with Crippen molar-refractivity contribution in [3.05, 3.63) is 35.4 Å². The summed E-state index contributed by atoms with van der Waals surface area (Å²) < 4.78 is 0. The summed E-state index contributed by atoms with van der Waals surface area (Å²) in [7, 11) is 0. The fourth-order valence-electron chi connectivity index (χ4n) is 2.79. The predicted molar refractivity (Wildman–Crippen MR) is 99.2 cm³/mol. The second kappa shape index (κ2) is 9.08. The fourth-order valence-corrected chi connectivity index (χ4v) is 3.28. The van der Waals surface area contributed by atoms with Gasteiger partial charge in [0.05, 0.1) is 6.04 Å². The topological polar surface area (TPSA) is 75.4 Å². The Morgan fingerprint density at radius 2 is 1.92 bits per heavy atom. The Balaban J connectivity index is 1.79. The number of amides is 2. The predicted octanol–water partition coefficient (Wildman–Crippen LogP) is 1.80. The third kappa shape index (κ3) is 5.24.